The number of hydrogen-bond donors (Lipinski definition) is 1. The molecule has 0 saturated carbocycles. The number of carbonyl (C=O) groups excluding carboxylic acids is 3. The minimum Gasteiger partial charge on any atom is -0.394 e. The summed E-state index contributed by atoms with van der Waals surface area (Å²) in [5.74, 6) is -1.96. The Bertz CT molecular complexity index is 1400. The van der Waals surface area contributed by atoms with Gasteiger partial charge < -0.3 is 19.8 Å². The fraction of sp³-hybridized carbons (Fsp3) is 0.457. The lowest BCUT2D eigenvalue weighted by molar-refractivity contribution is -0.143. The first-order chi connectivity index (χ1) is 21.2. The number of nitrogens with zero attached hydrogens (tertiary/aromatic N) is 3. The summed E-state index contributed by atoms with van der Waals surface area (Å²) in [4.78, 5) is 49.4. The number of anilines is 2. The van der Waals surface area contributed by atoms with Gasteiger partial charge in [0.25, 0.3) is 5.91 Å². The Hall–Kier alpha value is -3.07. The van der Waals surface area contributed by atoms with Crippen LogP contribution in [0.25, 0.3) is 0 Å². The first kappa shape index (κ1) is 32.3. The molecule has 3 unspecified atom stereocenters. The molecule has 3 aliphatic heterocycles. The highest BCUT2D eigenvalue weighted by Gasteiger charge is 2.77. The molecule has 0 radical (unpaired) electrons. The highest BCUT2D eigenvalue weighted by molar-refractivity contribution is 8.02. The minimum absolute atomic E-state index is 0.00824. The van der Waals surface area contributed by atoms with Crippen molar-refractivity contribution in [1.82, 2.24) is 4.90 Å². The highest BCUT2D eigenvalue weighted by Crippen LogP contribution is 2.69. The maximum absolute atomic E-state index is 15.0. The number of halogens is 1. The van der Waals surface area contributed by atoms with E-state index in [-0.39, 0.29) is 48.0 Å². The molecule has 8 atom stereocenters. The van der Waals surface area contributed by atoms with Crippen molar-refractivity contribution >= 4 is 52.5 Å². The average Bonchev–Trinajstić information content (AvgIpc) is 3.63. The Morgan fingerprint density at radius 2 is 1.66 bits per heavy atom. The minimum atomic E-state index is -0.867. The van der Waals surface area contributed by atoms with Crippen molar-refractivity contribution in [3.8, 4) is 0 Å². The molecular weight excluding hydrogens is 594 g/mol. The molecule has 1 spiro atoms. The van der Waals surface area contributed by atoms with E-state index in [0.29, 0.717) is 23.7 Å². The lowest BCUT2D eigenvalue weighted by Crippen LogP contribution is -2.60. The summed E-state index contributed by atoms with van der Waals surface area (Å²) < 4.78 is -0.831. The quantitative estimate of drug-likeness (QED) is 0.297. The first-order valence-electron chi connectivity index (χ1n) is 15.4. The van der Waals surface area contributed by atoms with Gasteiger partial charge in [0.15, 0.2) is 0 Å². The number of likely N-dealkylation sites (tertiary alicyclic amines) is 1. The molecule has 1 N–H and O–H groups in total. The number of aliphatic hydroxyl groups excluding tert-OH is 1. The Kier molecular flexibility index (Phi) is 9.64. The summed E-state index contributed by atoms with van der Waals surface area (Å²) in [5, 5.41) is 11.2. The van der Waals surface area contributed by atoms with Gasteiger partial charge in [-0.25, -0.2) is 0 Å². The second-order valence-corrected chi connectivity index (χ2v) is 14.2. The molecule has 0 aliphatic carbocycles. The van der Waals surface area contributed by atoms with E-state index < -0.39 is 28.7 Å². The predicted octanol–water partition coefficient (Wildman–Crippen LogP) is 5.82. The third kappa shape index (κ3) is 5.19. The van der Waals surface area contributed by atoms with Crippen LogP contribution in [0.3, 0.4) is 0 Å². The number of amides is 3. The normalized spacial score (nSPS) is 28.3. The van der Waals surface area contributed by atoms with Crippen molar-refractivity contribution in [3.63, 3.8) is 0 Å². The molecule has 2 aromatic carbocycles. The van der Waals surface area contributed by atoms with E-state index in [1.807, 2.05) is 44.2 Å². The van der Waals surface area contributed by atoms with Crippen LogP contribution in [-0.2, 0) is 14.4 Å². The maximum Gasteiger partial charge on any atom is 0.251 e. The monoisotopic (exact) mass is 635 g/mol. The SMILES string of the molecule is C=CCN(C(=O)C1N([C@@H](CO)[C@@H](C)CC)C(=O)[C@@H]2[C@@H](C(=O)N(CC=C)c3ccccc3)[C@H]3CC(C)C12S3)c1ccc(Cl)cc1. The number of hydrogen-bond acceptors (Lipinski definition) is 5. The van der Waals surface area contributed by atoms with Gasteiger partial charge >= 0.3 is 0 Å². The standard InChI is InChI=1S/C35H42ClN3O4S/c1-6-18-37(25-12-10-9-11-13-25)32(41)29-28-20-23(5)35(44-28)30(29)33(42)39(27(21-40)22(4)8-3)31(35)34(43)38(19-7-2)26-16-14-24(36)15-17-26/h6-7,9-17,22-23,27-31,40H,1-2,8,18-21H2,3-5H3/t22-,23?,27-,28+,29-,30-,31?,35?/m0/s1. The van der Waals surface area contributed by atoms with Gasteiger partial charge in [0.1, 0.15) is 6.04 Å². The van der Waals surface area contributed by atoms with E-state index in [4.69, 9.17) is 11.6 Å². The Labute approximate surface area is 269 Å². The number of fused-ring (bicyclic) bond motifs is 1. The third-order valence-electron chi connectivity index (χ3n) is 9.91. The van der Waals surface area contributed by atoms with E-state index in [1.165, 1.54) is 0 Å². The lowest BCUT2D eigenvalue weighted by Gasteiger charge is -2.43. The van der Waals surface area contributed by atoms with Gasteiger partial charge in [-0.3, -0.25) is 14.4 Å². The van der Waals surface area contributed by atoms with E-state index >= 15 is 0 Å². The zero-order valence-corrected chi connectivity index (χ0v) is 27.2. The molecular formula is C35H42ClN3O4S. The van der Waals surface area contributed by atoms with Crippen LogP contribution in [0.4, 0.5) is 11.4 Å². The van der Waals surface area contributed by atoms with Gasteiger partial charge in [-0.15, -0.1) is 24.9 Å². The van der Waals surface area contributed by atoms with Crippen LogP contribution in [0.15, 0.2) is 79.9 Å². The molecule has 0 aromatic heterocycles. The molecule has 2 bridgehead atoms. The Morgan fingerprint density at radius 1 is 1.07 bits per heavy atom. The van der Waals surface area contributed by atoms with E-state index in [9.17, 15) is 19.5 Å². The van der Waals surface area contributed by atoms with E-state index in [2.05, 4.69) is 20.1 Å². The molecule has 7 nitrogen and oxygen atoms in total. The van der Waals surface area contributed by atoms with Gasteiger partial charge in [-0.2, -0.15) is 0 Å². The van der Waals surface area contributed by atoms with Crippen LogP contribution in [0, 0.1) is 23.7 Å². The first-order valence-corrected chi connectivity index (χ1v) is 16.7. The summed E-state index contributed by atoms with van der Waals surface area (Å²) in [5.41, 5.74) is 1.39. The molecule has 3 amide bonds. The van der Waals surface area contributed by atoms with Crippen LogP contribution in [0.1, 0.15) is 33.6 Å². The summed E-state index contributed by atoms with van der Waals surface area (Å²) in [6.07, 6.45) is 4.80. The van der Waals surface area contributed by atoms with Gasteiger partial charge in [0.2, 0.25) is 11.8 Å². The summed E-state index contributed by atoms with van der Waals surface area (Å²) >= 11 is 7.82. The number of benzene rings is 2. The number of thioether (sulfide) groups is 1. The van der Waals surface area contributed by atoms with Crippen molar-refractivity contribution in [3.05, 3.63) is 84.9 Å². The summed E-state index contributed by atoms with van der Waals surface area (Å²) in [7, 11) is 0. The van der Waals surface area contributed by atoms with Crippen LogP contribution >= 0.6 is 23.4 Å². The summed E-state index contributed by atoms with van der Waals surface area (Å²) in [6, 6.07) is 15.1. The zero-order valence-electron chi connectivity index (χ0n) is 25.6. The molecule has 44 heavy (non-hydrogen) atoms. The van der Waals surface area contributed by atoms with Crippen LogP contribution in [0.5, 0.6) is 0 Å². The highest BCUT2D eigenvalue weighted by atomic mass is 35.5. The van der Waals surface area contributed by atoms with Gasteiger partial charge in [-0.1, -0.05) is 69.1 Å². The number of aliphatic hydroxyl groups is 1. The zero-order chi connectivity index (χ0) is 31.8. The van der Waals surface area contributed by atoms with Crippen molar-refractivity contribution in [2.24, 2.45) is 23.7 Å². The second kappa shape index (κ2) is 13.1. The largest absolute Gasteiger partial charge is 0.394 e. The third-order valence-corrected chi connectivity index (χ3v) is 12.2. The second-order valence-electron chi connectivity index (χ2n) is 12.2. The summed E-state index contributed by atoms with van der Waals surface area (Å²) in [6.45, 7) is 14.2. The molecule has 3 heterocycles. The average molecular weight is 636 g/mol. The van der Waals surface area contributed by atoms with Crippen molar-refractivity contribution in [2.75, 3.05) is 29.5 Å². The molecule has 9 heteroatoms. The van der Waals surface area contributed by atoms with Crippen LogP contribution in [0.2, 0.25) is 5.02 Å². The number of para-hydroxylation sites is 1. The molecule has 3 fully saturated rings. The lowest BCUT2D eigenvalue weighted by atomic mass is 9.65. The molecule has 5 rings (SSSR count). The number of carbonyl (C=O) groups is 3. The van der Waals surface area contributed by atoms with E-state index in [0.717, 1.165) is 12.1 Å². The number of rotatable bonds is 12. The molecule has 2 aromatic rings. The van der Waals surface area contributed by atoms with Crippen molar-refractivity contribution in [1.29, 1.82) is 0 Å². The van der Waals surface area contributed by atoms with Gasteiger partial charge in [-0.05, 0) is 54.7 Å². The topological polar surface area (TPSA) is 81.2 Å². The van der Waals surface area contributed by atoms with Crippen LogP contribution in [-0.4, -0.2) is 69.5 Å². The van der Waals surface area contributed by atoms with Crippen molar-refractivity contribution in [2.45, 2.75) is 55.7 Å². The smallest absolute Gasteiger partial charge is 0.251 e. The molecule has 234 valence electrons. The van der Waals surface area contributed by atoms with Crippen molar-refractivity contribution < 1.29 is 19.5 Å². The Balaban J connectivity index is 1.65. The van der Waals surface area contributed by atoms with E-state index in [1.54, 1.807) is 62.9 Å². The molecule has 3 aliphatic rings. The molecule has 3 saturated heterocycles. The van der Waals surface area contributed by atoms with Gasteiger partial charge in [0.05, 0.1) is 29.2 Å². The fourth-order valence-corrected chi connectivity index (χ4v) is 10.2. The predicted molar refractivity (Wildman–Crippen MR) is 179 cm³/mol. The van der Waals surface area contributed by atoms with Gasteiger partial charge in [0, 0.05) is 34.7 Å². The maximum atomic E-state index is 15.0. The Morgan fingerprint density at radius 3 is 2.23 bits per heavy atom. The fourth-order valence-electron chi connectivity index (χ4n) is 7.65. The van der Waals surface area contributed by atoms with Crippen LogP contribution < -0.4 is 9.80 Å².